The summed E-state index contributed by atoms with van der Waals surface area (Å²) in [6.07, 6.45) is 6.32. The Hall–Kier alpha value is -1.06. The lowest BCUT2D eigenvalue weighted by Gasteiger charge is -2.36. The van der Waals surface area contributed by atoms with Gasteiger partial charge >= 0.3 is 0 Å². The predicted molar refractivity (Wildman–Crippen MR) is 87.2 cm³/mol. The van der Waals surface area contributed by atoms with Gasteiger partial charge in [0, 0.05) is 11.4 Å². The topological polar surface area (TPSA) is 55.1 Å². The fourth-order valence-corrected chi connectivity index (χ4v) is 3.45. The van der Waals surface area contributed by atoms with E-state index < -0.39 is 0 Å². The summed E-state index contributed by atoms with van der Waals surface area (Å²) in [6, 6.07) is 7.59. The van der Waals surface area contributed by atoms with Crippen molar-refractivity contribution in [2.24, 2.45) is 11.1 Å². The van der Waals surface area contributed by atoms with Crippen LogP contribution in [0.1, 0.15) is 57.1 Å². The average molecular weight is 309 g/mol. The van der Waals surface area contributed by atoms with Crippen LogP contribution in [0, 0.1) is 5.41 Å². The van der Waals surface area contributed by atoms with Crippen LogP contribution in [0.25, 0.3) is 0 Å². The van der Waals surface area contributed by atoms with E-state index in [0.717, 1.165) is 18.4 Å². The second-order valence-electron chi connectivity index (χ2n) is 6.29. The van der Waals surface area contributed by atoms with E-state index in [1.165, 1.54) is 19.3 Å². The minimum absolute atomic E-state index is 0.0103. The van der Waals surface area contributed by atoms with Crippen molar-refractivity contribution in [1.82, 2.24) is 5.32 Å². The monoisotopic (exact) mass is 308 g/mol. The second kappa shape index (κ2) is 7.28. The third kappa shape index (κ3) is 4.45. The predicted octanol–water partition coefficient (Wildman–Crippen LogP) is 3.82. The van der Waals surface area contributed by atoms with Crippen LogP contribution < -0.4 is 11.1 Å². The maximum Gasteiger partial charge on any atom is 0.221 e. The van der Waals surface area contributed by atoms with Gasteiger partial charge in [-0.15, -0.1) is 0 Å². The Morgan fingerprint density at radius 2 is 2.10 bits per heavy atom. The van der Waals surface area contributed by atoms with Gasteiger partial charge in [-0.2, -0.15) is 0 Å². The maximum absolute atomic E-state index is 12.3. The van der Waals surface area contributed by atoms with Crippen LogP contribution in [0.15, 0.2) is 24.3 Å². The van der Waals surface area contributed by atoms with E-state index in [9.17, 15) is 4.79 Å². The van der Waals surface area contributed by atoms with Gasteiger partial charge in [0.25, 0.3) is 0 Å². The molecule has 1 fully saturated rings. The molecule has 3 nitrogen and oxygen atoms in total. The lowest BCUT2D eigenvalue weighted by molar-refractivity contribution is -0.124. The molecule has 0 spiro atoms. The number of hydrogen-bond donors (Lipinski definition) is 2. The first-order valence-electron chi connectivity index (χ1n) is 7.80. The molecule has 2 rings (SSSR count). The first-order valence-corrected chi connectivity index (χ1v) is 8.17. The van der Waals surface area contributed by atoms with Gasteiger partial charge in [-0.1, -0.05) is 43.0 Å². The van der Waals surface area contributed by atoms with Gasteiger partial charge in [0.1, 0.15) is 0 Å². The average Bonchev–Trinajstić information content (AvgIpc) is 2.48. The van der Waals surface area contributed by atoms with Crippen molar-refractivity contribution in [3.05, 3.63) is 34.9 Å². The number of hydrogen-bond acceptors (Lipinski definition) is 2. The second-order valence-corrected chi connectivity index (χ2v) is 6.72. The quantitative estimate of drug-likeness (QED) is 0.869. The third-order valence-electron chi connectivity index (χ3n) is 4.61. The molecule has 0 bridgehead atoms. The first-order chi connectivity index (χ1) is 10.0. The fourth-order valence-electron chi connectivity index (χ4n) is 3.25. The van der Waals surface area contributed by atoms with Crippen molar-refractivity contribution in [3.63, 3.8) is 0 Å². The van der Waals surface area contributed by atoms with E-state index in [1.54, 1.807) is 0 Å². The van der Waals surface area contributed by atoms with Gasteiger partial charge in [0.2, 0.25) is 5.91 Å². The molecule has 0 heterocycles. The zero-order valence-corrected chi connectivity index (χ0v) is 13.5. The molecule has 0 aliphatic heterocycles. The van der Waals surface area contributed by atoms with Crippen molar-refractivity contribution in [1.29, 1.82) is 0 Å². The molecular formula is C17H25ClN2O. The van der Waals surface area contributed by atoms with Crippen LogP contribution in [-0.2, 0) is 4.79 Å². The van der Waals surface area contributed by atoms with Crippen molar-refractivity contribution >= 4 is 17.5 Å². The van der Waals surface area contributed by atoms with Gasteiger partial charge in [0.05, 0.1) is 6.04 Å². The van der Waals surface area contributed by atoms with Gasteiger partial charge in [-0.25, -0.2) is 0 Å². The smallest absolute Gasteiger partial charge is 0.221 e. The molecule has 0 saturated heterocycles. The van der Waals surface area contributed by atoms with E-state index in [0.29, 0.717) is 18.0 Å². The Bertz CT molecular complexity index is 483. The Balaban J connectivity index is 1.94. The Morgan fingerprint density at radius 1 is 1.38 bits per heavy atom. The van der Waals surface area contributed by atoms with E-state index >= 15 is 0 Å². The number of amides is 1. The summed E-state index contributed by atoms with van der Waals surface area (Å²) in [4.78, 5) is 12.3. The summed E-state index contributed by atoms with van der Waals surface area (Å²) >= 11 is 6.00. The highest BCUT2D eigenvalue weighted by Gasteiger charge is 2.33. The highest BCUT2D eigenvalue weighted by atomic mass is 35.5. The normalized spacial score (nSPS) is 19.0. The third-order valence-corrected chi connectivity index (χ3v) is 4.84. The Morgan fingerprint density at radius 3 is 2.71 bits per heavy atom. The standard InChI is InChI=1S/C17H25ClN2O/c1-13(14-6-5-7-15(18)10-14)20-16(21)11-17(12-19)8-3-2-4-9-17/h5-7,10,13H,2-4,8-9,11-12,19H2,1H3,(H,20,21)/t13-/m0/s1. The maximum atomic E-state index is 12.3. The fraction of sp³-hybridized carbons (Fsp3) is 0.588. The van der Waals surface area contributed by atoms with Crippen LogP contribution in [0.2, 0.25) is 5.02 Å². The van der Waals surface area contributed by atoms with Crippen molar-refractivity contribution in [2.75, 3.05) is 6.54 Å². The molecule has 1 aromatic carbocycles. The number of benzene rings is 1. The number of halogens is 1. The summed E-state index contributed by atoms with van der Waals surface area (Å²) in [5.74, 6) is 0.0924. The van der Waals surface area contributed by atoms with Crippen LogP contribution in [-0.4, -0.2) is 12.5 Å². The van der Waals surface area contributed by atoms with Crippen LogP contribution in [0.4, 0.5) is 0 Å². The van der Waals surface area contributed by atoms with E-state index in [1.807, 2.05) is 31.2 Å². The molecule has 1 saturated carbocycles. The summed E-state index contributed by atoms with van der Waals surface area (Å²) in [6.45, 7) is 2.59. The molecule has 21 heavy (non-hydrogen) atoms. The van der Waals surface area contributed by atoms with Crippen molar-refractivity contribution < 1.29 is 4.79 Å². The zero-order chi connectivity index (χ0) is 15.3. The van der Waals surface area contributed by atoms with E-state index in [2.05, 4.69) is 5.32 Å². The number of carbonyl (C=O) groups is 1. The molecule has 1 atom stereocenters. The van der Waals surface area contributed by atoms with Gasteiger partial charge in [-0.05, 0) is 49.4 Å². The summed E-state index contributed by atoms with van der Waals surface area (Å²) in [5, 5.41) is 3.77. The minimum atomic E-state index is -0.0328. The zero-order valence-electron chi connectivity index (χ0n) is 12.7. The number of nitrogens with one attached hydrogen (secondary N) is 1. The van der Waals surface area contributed by atoms with E-state index in [4.69, 9.17) is 17.3 Å². The minimum Gasteiger partial charge on any atom is -0.350 e. The van der Waals surface area contributed by atoms with Crippen LogP contribution in [0.3, 0.4) is 0 Å². The summed E-state index contributed by atoms with van der Waals surface area (Å²) in [7, 11) is 0. The van der Waals surface area contributed by atoms with Crippen LogP contribution in [0.5, 0.6) is 0 Å². The van der Waals surface area contributed by atoms with Crippen LogP contribution >= 0.6 is 11.6 Å². The molecule has 1 aliphatic carbocycles. The Kier molecular flexibility index (Phi) is 5.65. The van der Waals surface area contributed by atoms with Gasteiger partial charge in [-0.3, -0.25) is 4.79 Å². The SMILES string of the molecule is C[C@H](NC(=O)CC1(CN)CCCCC1)c1cccc(Cl)c1. The molecule has 0 aromatic heterocycles. The number of rotatable bonds is 5. The lowest BCUT2D eigenvalue weighted by atomic mass is 9.71. The van der Waals surface area contributed by atoms with Crippen molar-refractivity contribution in [3.8, 4) is 0 Å². The molecule has 3 N–H and O–H groups in total. The van der Waals surface area contributed by atoms with Crippen molar-refractivity contribution in [2.45, 2.75) is 51.5 Å². The lowest BCUT2D eigenvalue weighted by Crippen LogP contribution is -2.39. The number of carbonyl (C=O) groups excluding carboxylic acids is 1. The highest BCUT2D eigenvalue weighted by molar-refractivity contribution is 6.30. The summed E-state index contributed by atoms with van der Waals surface area (Å²) in [5.41, 5.74) is 6.99. The molecule has 0 unspecified atom stereocenters. The molecular weight excluding hydrogens is 284 g/mol. The number of nitrogens with two attached hydrogens (primary N) is 1. The molecule has 1 aliphatic rings. The van der Waals surface area contributed by atoms with E-state index in [-0.39, 0.29) is 17.4 Å². The molecule has 0 radical (unpaired) electrons. The summed E-state index contributed by atoms with van der Waals surface area (Å²) < 4.78 is 0. The molecule has 1 amide bonds. The van der Waals surface area contributed by atoms with Gasteiger partial charge < -0.3 is 11.1 Å². The largest absolute Gasteiger partial charge is 0.350 e. The molecule has 116 valence electrons. The Labute approximate surface area is 132 Å². The van der Waals surface area contributed by atoms with Gasteiger partial charge in [0.15, 0.2) is 0 Å². The highest BCUT2D eigenvalue weighted by Crippen LogP contribution is 2.38. The molecule has 4 heteroatoms. The first kappa shape index (κ1) is 16.3. The molecule has 1 aromatic rings.